The molecule has 4 amide bonds. The minimum Gasteiger partial charge on any atom is -0.465 e. The highest BCUT2D eigenvalue weighted by Gasteiger charge is 2.45. The Labute approximate surface area is 303 Å². The average Bonchev–Trinajstić information content (AvgIpc) is 3.61. The summed E-state index contributed by atoms with van der Waals surface area (Å²) in [6.45, 7) is -1.21. The maximum absolute atomic E-state index is 13.0. The SMILES string of the molecule is O=C(CCOCOC(=O)C1CC(SSC2CCC([N+](=O)[O-])C(C(=O)OCCC(=O)ON3C(=O)CCC3=O)C2)CCC1NOO)ON1C(=O)CCC1=O. The Morgan fingerprint density at radius 3 is 1.79 bits per heavy atom. The number of hydroxylamine groups is 5. The molecule has 0 aromatic heterocycles. The summed E-state index contributed by atoms with van der Waals surface area (Å²) in [5, 5.41) is 21.2. The first kappa shape index (κ1) is 40.9. The molecule has 6 unspecified atom stereocenters. The van der Waals surface area contributed by atoms with Crippen LogP contribution in [0.25, 0.3) is 0 Å². The largest absolute Gasteiger partial charge is 0.465 e. The van der Waals surface area contributed by atoms with Gasteiger partial charge >= 0.3 is 23.9 Å². The van der Waals surface area contributed by atoms with E-state index in [4.69, 9.17) is 29.1 Å². The van der Waals surface area contributed by atoms with E-state index in [1.807, 2.05) is 0 Å². The van der Waals surface area contributed by atoms with Crippen LogP contribution in [-0.4, -0.2) is 110 Å². The van der Waals surface area contributed by atoms with Gasteiger partial charge in [0.25, 0.3) is 23.6 Å². The Morgan fingerprint density at radius 1 is 0.750 bits per heavy atom. The molecule has 2 heterocycles. The van der Waals surface area contributed by atoms with E-state index in [-0.39, 0.29) is 62.1 Å². The van der Waals surface area contributed by atoms with Gasteiger partial charge in [0.2, 0.25) is 6.04 Å². The molecule has 0 aromatic carbocycles. The van der Waals surface area contributed by atoms with E-state index in [1.54, 1.807) is 0 Å². The smallest absolute Gasteiger partial charge is 0.336 e. The second-order valence-corrected chi connectivity index (χ2v) is 15.1. The predicted octanol–water partition coefficient (Wildman–Crippen LogP) is 0.768. The van der Waals surface area contributed by atoms with Crippen molar-refractivity contribution in [2.45, 2.75) is 99.6 Å². The summed E-state index contributed by atoms with van der Waals surface area (Å²) < 4.78 is 15.6. The lowest BCUT2D eigenvalue weighted by Gasteiger charge is -2.35. The maximum Gasteiger partial charge on any atom is 0.336 e. The van der Waals surface area contributed by atoms with E-state index >= 15 is 0 Å². The monoisotopic (exact) mass is 778 g/mol. The van der Waals surface area contributed by atoms with Gasteiger partial charge in [-0.25, -0.2) is 14.8 Å². The van der Waals surface area contributed by atoms with Crippen molar-refractivity contribution in [3.05, 3.63) is 10.1 Å². The highest BCUT2D eigenvalue weighted by atomic mass is 33.1. The molecule has 52 heavy (non-hydrogen) atoms. The number of rotatable bonds is 18. The summed E-state index contributed by atoms with van der Waals surface area (Å²) in [7, 11) is 2.88. The second-order valence-electron chi connectivity index (χ2n) is 12.2. The molecule has 0 aromatic rings. The van der Waals surface area contributed by atoms with E-state index in [1.165, 1.54) is 21.6 Å². The molecule has 2 N–H and O–H groups in total. The molecule has 4 aliphatic rings. The number of hydrogen-bond acceptors (Lipinski definition) is 20. The predicted molar refractivity (Wildman–Crippen MR) is 170 cm³/mol. The molecule has 4 rings (SSSR count). The molecule has 4 fully saturated rings. The topological polar surface area (TPSA) is 274 Å². The van der Waals surface area contributed by atoms with Crippen LogP contribution < -0.4 is 5.48 Å². The number of esters is 2. The van der Waals surface area contributed by atoms with Crippen LogP contribution in [0.1, 0.15) is 77.0 Å². The van der Waals surface area contributed by atoms with Crippen molar-refractivity contribution in [3.63, 3.8) is 0 Å². The van der Waals surface area contributed by atoms with Crippen LogP contribution in [0.3, 0.4) is 0 Å². The van der Waals surface area contributed by atoms with Crippen molar-refractivity contribution in [2.75, 3.05) is 20.0 Å². The lowest BCUT2D eigenvalue weighted by molar-refractivity contribution is -0.532. The van der Waals surface area contributed by atoms with E-state index in [9.17, 15) is 48.5 Å². The summed E-state index contributed by atoms with van der Waals surface area (Å²) in [6.07, 6.45) is 0.931. The molecule has 2 aliphatic carbocycles. The molecule has 0 spiro atoms. The third-order valence-electron chi connectivity index (χ3n) is 8.66. The van der Waals surface area contributed by atoms with Gasteiger partial charge in [-0.1, -0.05) is 21.6 Å². The molecule has 2 saturated heterocycles. The van der Waals surface area contributed by atoms with Gasteiger partial charge in [0.15, 0.2) is 6.79 Å². The summed E-state index contributed by atoms with van der Waals surface area (Å²) in [6, 6.07) is -1.79. The van der Waals surface area contributed by atoms with Gasteiger partial charge in [-0.2, -0.15) is 5.48 Å². The normalized spacial score (nSPS) is 26.3. The van der Waals surface area contributed by atoms with Gasteiger partial charge in [-0.15, -0.1) is 15.1 Å². The third kappa shape index (κ3) is 11.6. The quantitative estimate of drug-likeness (QED) is 0.0284. The van der Waals surface area contributed by atoms with Crippen LogP contribution >= 0.6 is 21.6 Å². The lowest BCUT2D eigenvalue weighted by Crippen LogP contribution is -2.45. The van der Waals surface area contributed by atoms with E-state index < -0.39 is 96.2 Å². The zero-order valence-electron chi connectivity index (χ0n) is 27.7. The number of imide groups is 2. The Hall–Kier alpha value is -3.90. The second kappa shape index (κ2) is 19.8. The fraction of sp³-hybridized carbons (Fsp3) is 0.724. The number of nitro groups is 1. The van der Waals surface area contributed by atoms with Crippen molar-refractivity contribution in [1.82, 2.24) is 15.6 Å². The fourth-order valence-corrected chi connectivity index (χ4v) is 9.27. The van der Waals surface area contributed by atoms with Gasteiger partial charge in [-0.05, 0) is 32.1 Å². The molecule has 288 valence electrons. The van der Waals surface area contributed by atoms with E-state index in [0.29, 0.717) is 35.8 Å². The molecule has 23 heteroatoms. The number of carbonyl (C=O) groups excluding carboxylic acids is 8. The first-order valence-corrected chi connectivity index (χ1v) is 18.7. The Balaban J connectivity index is 1.19. The van der Waals surface area contributed by atoms with Gasteiger partial charge < -0.3 is 23.9 Å². The first-order chi connectivity index (χ1) is 24.9. The van der Waals surface area contributed by atoms with Gasteiger partial charge in [0.1, 0.15) is 12.5 Å². The number of hydrogen-bond donors (Lipinski definition) is 2. The zero-order chi connectivity index (χ0) is 37.8. The lowest BCUT2D eigenvalue weighted by atomic mass is 9.84. The number of amides is 4. The van der Waals surface area contributed by atoms with Crippen molar-refractivity contribution >= 4 is 69.1 Å². The summed E-state index contributed by atoms with van der Waals surface area (Å²) in [4.78, 5) is 121. The molecular weight excluding hydrogens is 740 g/mol. The molecule has 21 nitrogen and oxygen atoms in total. The minimum absolute atomic E-state index is 0.0446. The Morgan fingerprint density at radius 2 is 1.25 bits per heavy atom. The zero-order valence-corrected chi connectivity index (χ0v) is 29.3. The molecule has 0 radical (unpaired) electrons. The number of carbonyl (C=O) groups is 8. The molecule has 2 saturated carbocycles. The van der Waals surface area contributed by atoms with E-state index in [0.717, 1.165) is 0 Å². The Bertz CT molecular complexity index is 1370. The van der Waals surface area contributed by atoms with Crippen molar-refractivity contribution < 1.29 is 77.4 Å². The van der Waals surface area contributed by atoms with Gasteiger partial charge in [0, 0.05) is 53.6 Å². The van der Waals surface area contributed by atoms with Gasteiger partial charge in [-0.3, -0.25) is 38.9 Å². The van der Waals surface area contributed by atoms with Crippen LogP contribution in [0.15, 0.2) is 0 Å². The molecule has 2 aliphatic heterocycles. The average molecular weight is 779 g/mol. The number of ether oxygens (including phenoxy) is 3. The van der Waals surface area contributed by atoms with Crippen LogP contribution in [0.2, 0.25) is 0 Å². The van der Waals surface area contributed by atoms with Gasteiger partial charge in [0.05, 0.1) is 25.4 Å². The van der Waals surface area contributed by atoms with Crippen molar-refractivity contribution in [1.29, 1.82) is 0 Å². The highest BCUT2D eigenvalue weighted by Crippen LogP contribution is 2.45. The molecule has 6 atom stereocenters. The molecular formula is C29H38N4O17S2. The van der Waals surface area contributed by atoms with E-state index in [2.05, 4.69) is 10.5 Å². The number of nitrogens with one attached hydrogen (secondary N) is 1. The Kier molecular flexibility index (Phi) is 15.6. The summed E-state index contributed by atoms with van der Waals surface area (Å²) >= 11 is 0. The highest BCUT2D eigenvalue weighted by molar-refractivity contribution is 8.77. The van der Waals surface area contributed by atoms with Crippen LogP contribution in [0.4, 0.5) is 0 Å². The standard InChI is InChI=1S/C29H38N4O17S2/c34-22-5-6-23(35)31(22)48-26(38)9-11-45-15-47-28(40)18-13-16(1-3-20(18)30-50-44)51-52-17-2-4-21(33(42)43)19(14-17)29(41)46-12-10-27(39)49-32-24(36)7-8-25(32)37/h16-21,30,44H,1-15H2. The first-order valence-electron chi connectivity index (χ1n) is 16.4. The number of nitrogens with zero attached hydrogens (tertiary/aromatic N) is 3. The minimum atomic E-state index is -1.19. The van der Waals surface area contributed by atoms with Crippen LogP contribution in [0.5, 0.6) is 0 Å². The van der Waals surface area contributed by atoms with Crippen LogP contribution in [-0.2, 0) is 67.2 Å². The summed E-state index contributed by atoms with van der Waals surface area (Å²) in [5.41, 5.74) is 2.38. The van der Waals surface area contributed by atoms with Crippen molar-refractivity contribution in [2.24, 2.45) is 11.8 Å². The van der Waals surface area contributed by atoms with Crippen molar-refractivity contribution in [3.8, 4) is 0 Å². The van der Waals surface area contributed by atoms with Crippen LogP contribution in [0, 0.1) is 22.0 Å². The third-order valence-corrected chi connectivity index (χ3v) is 12.1. The molecule has 0 bridgehead atoms. The summed E-state index contributed by atoms with van der Waals surface area (Å²) in [5.74, 6) is -7.81. The fourth-order valence-electron chi connectivity index (χ4n) is 5.93. The maximum atomic E-state index is 13.0.